The SMILES string of the molecule is O=C(Cc1ccc(-n2nnc3ccccc32)cc1)Nc1ncc(-c2ccc(F)cc2)nc1-c1ccccc1. The van der Waals surface area contributed by atoms with Crippen LogP contribution in [0.1, 0.15) is 5.56 Å². The minimum atomic E-state index is -0.323. The molecule has 0 aliphatic carbocycles. The van der Waals surface area contributed by atoms with E-state index in [4.69, 9.17) is 4.98 Å². The summed E-state index contributed by atoms with van der Waals surface area (Å²) in [7, 11) is 0. The van der Waals surface area contributed by atoms with Gasteiger partial charge < -0.3 is 5.32 Å². The lowest BCUT2D eigenvalue weighted by Crippen LogP contribution is -2.16. The summed E-state index contributed by atoms with van der Waals surface area (Å²) in [5.74, 6) is -0.181. The topological polar surface area (TPSA) is 85.6 Å². The van der Waals surface area contributed by atoms with Gasteiger partial charge in [0, 0.05) is 11.1 Å². The number of benzene rings is 4. The standard InChI is InChI=1S/C30H21FN6O/c31-23-14-12-21(13-15-23)26-19-32-30(29(33-26)22-6-2-1-3-7-22)34-28(38)18-20-10-16-24(17-11-20)37-27-9-5-4-8-25(27)35-36-37/h1-17,19H,18H2,(H,32,34,38). The van der Waals surface area contributed by atoms with Gasteiger partial charge in [0.25, 0.3) is 0 Å². The first-order valence-electron chi connectivity index (χ1n) is 12.0. The lowest BCUT2D eigenvalue weighted by molar-refractivity contribution is -0.115. The van der Waals surface area contributed by atoms with Gasteiger partial charge in [-0.25, -0.2) is 19.0 Å². The molecule has 0 radical (unpaired) electrons. The number of aromatic nitrogens is 5. The molecule has 184 valence electrons. The number of nitrogens with zero attached hydrogens (tertiary/aromatic N) is 5. The molecular formula is C30H21FN6O. The normalized spacial score (nSPS) is 11.0. The molecule has 0 aliphatic rings. The zero-order valence-electron chi connectivity index (χ0n) is 20.1. The Bertz CT molecular complexity index is 1730. The van der Waals surface area contributed by atoms with E-state index in [1.807, 2.05) is 78.9 Å². The second-order valence-electron chi connectivity index (χ2n) is 8.71. The van der Waals surface area contributed by atoms with Crippen LogP contribution in [-0.2, 0) is 11.2 Å². The van der Waals surface area contributed by atoms with Gasteiger partial charge in [-0.05, 0) is 54.1 Å². The van der Waals surface area contributed by atoms with Crippen LogP contribution in [-0.4, -0.2) is 30.9 Å². The van der Waals surface area contributed by atoms with Crippen molar-refractivity contribution in [3.05, 3.63) is 121 Å². The number of hydrogen-bond acceptors (Lipinski definition) is 5. The van der Waals surface area contributed by atoms with Crippen LogP contribution in [0.5, 0.6) is 0 Å². The van der Waals surface area contributed by atoms with E-state index in [9.17, 15) is 9.18 Å². The van der Waals surface area contributed by atoms with Crippen molar-refractivity contribution in [3.8, 4) is 28.2 Å². The van der Waals surface area contributed by atoms with Crippen molar-refractivity contribution >= 4 is 22.8 Å². The Hall–Kier alpha value is -5.24. The summed E-state index contributed by atoms with van der Waals surface area (Å²) < 4.78 is 15.2. The minimum Gasteiger partial charge on any atom is -0.309 e. The maximum Gasteiger partial charge on any atom is 0.230 e. The summed E-state index contributed by atoms with van der Waals surface area (Å²) in [6.07, 6.45) is 1.74. The summed E-state index contributed by atoms with van der Waals surface area (Å²) in [5.41, 5.74) is 6.08. The van der Waals surface area contributed by atoms with E-state index in [0.717, 1.165) is 33.4 Å². The Labute approximate surface area is 217 Å². The highest BCUT2D eigenvalue weighted by Crippen LogP contribution is 2.28. The fourth-order valence-electron chi connectivity index (χ4n) is 4.21. The van der Waals surface area contributed by atoms with Crippen LogP contribution in [0.3, 0.4) is 0 Å². The molecule has 0 aliphatic heterocycles. The molecule has 0 saturated carbocycles. The van der Waals surface area contributed by atoms with Gasteiger partial charge in [-0.15, -0.1) is 5.10 Å². The second kappa shape index (κ2) is 10.0. The third-order valence-electron chi connectivity index (χ3n) is 6.11. The van der Waals surface area contributed by atoms with Crippen molar-refractivity contribution in [2.75, 3.05) is 5.32 Å². The van der Waals surface area contributed by atoms with Crippen molar-refractivity contribution in [1.29, 1.82) is 0 Å². The molecule has 0 spiro atoms. The van der Waals surface area contributed by atoms with Gasteiger partial charge in [0.1, 0.15) is 17.0 Å². The number of amides is 1. The molecule has 0 atom stereocenters. The van der Waals surface area contributed by atoms with Crippen molar-refractivity contribution < 1.29 is 9.18 Å². The summed E-state index contributed by atoms with van der Waals surface area (Å²) in [6.45, 7) is 0. The van der Waals surface area contributed by atoms with Crippen LogP contribution in [0, 0.1) is 5.82 Å². The van der Waals surface area contributed by atoms with E-state index in [1.165, 1.54) is 12.1 Å². The molecule has 4 aromatic carbocycles. The van der Waals surface area contributed by atoms with Crippen LogP contribution in [0.4, 0.5) is 10.2 Å². The van der Waals surface area contributed by atoms with E-state index in [1.54, 1.807) is 23.0 Å². The second-order valence-corrected chi connectivity index (χ2v) is 8.71. The van der Waals surface area contributed by atoms with Gasteiger partial charge in [0.2, 0.25) is 5.91 Å². The highest BCUT2D eigenvalue weighted by molar-refractivity contribution is 5.94. The quantitative estimate of drug-likeness (QED) is 0.309. The molecule has 0 saturated heterocycles. The van der Waals surface area contributed by atoms with Gasteiger partial charge in [-0.1, -0.05) is 59.8 Å². The average Bonchev–Trinajstić information content (AvgIpc) is 3.39. The number of nitrogens with one attached hydrogen (secondary N) is 1. The first-order chi connectivity index (χ1) is 18.6. The number of fused-ring (bicyclic) bond motifs is 1. The Morgan fingerprint density at radius 3 is 2.34 bits per heavy atom. The van der Waals surface area contributed by atoms with Gasteiger partial charge in [0.15, 0.2) is 5.82 Å². The van der Waals surface area contributed by atoms with Crippen LogP contribution in [0.15, 0.2) is 109 Å². The van der Waals surface area contributed by atoms with Crippen molar-refractivity contribution in [1.82, 2.24) is 25.0 Å². The van der Waals surface area contributed by atoms with Crippen LogP contribution in [0.2, 0.25) is 0 Å². The highest BCUT2D eigenvalue weighted by atomic mass is 19.1. The zero-order chi connectivity index (χ0) is 25.9. The van der Waals surface area contributed by atoms with Crippen molar-refractivity contribution in [3.63, 3.8) is 0 Å². The molecule has 38 heavy (non-hydrogen) atoms. The molecule has 7 nitrogen and oxygen atoms in total. The number of halogens is 1. The lowest BCUT2D eigenvalue weighted by atomic mass is 10.1. The number of hydrogen-bond donors (Lipinski definition) is 1. The number of anilines is 1. The summed E-state index contributed by atoms with van der Waals surface area (Å²) >= 11 is 0. The first-order valence-corrected chi connectivity index (χ1v) is 12.0. The Kier molecular flexibility index (Phi) is 6.11. The van der Waals surface area contributed by atoms with Gasteiger partial charge >= 0.3 is 0 Å². The van der Waals surface area contributed by atoms with Crippen LogP contribution < -0.4 is 5.32 Å². The molecule has 8 heteroatoms. The fraction of sp³-hybridized carbons (Fsp3) is 0.0333. The van der Waals surface area contributed by atoms with Gasteiger partial charge in [-0.2, -0.15) is 0 Å². The average molecular weight is 501 g/mol. The molecule has 1 N–H and O–H groups in total. The largest absolute Gasteiger partial charge is 0.309 e. The Morgan fingerprint density at radius 2 is 1.55 bits per heavy atom. The molecule has 6 rings (SSSR count). The fourth-order valence-corrected chi connectivity index (χ4v) is 4.21. The molecule has 0 fully saturated rings. The number of carbonyl (C=O) groups is 1. The number of rotatable bonds is 6. The summed E-state index contributed by atoms with van der Waals surface area (Å²) in [4.78, 5) is 22.3. The smallest absolute Gasteiger partial charge is 0.230 e. The van der Waals surface area contributed by atoms with E-state index in [2.05, 4.69) is 20.6 Å². The summed E-state index contributed by atoms with van der Waals surface area (Å²) in [5, 5.41) is 11.3. The minimum absolute atomic E-state index is 0.161. The van der Waals surface area contributed by atoms with E-state index < -0.39 is 0 Å². The third-order valence-corrected chi connectivity index (χ3v) is 6.11. The molecule has 2 heterocycles. The van der Waals surface area contributed by atoms with Crippen molar-refractivity contribution in [2.45, 2.75) is 6.42 Å². The van der Waals surface area contributed by atoms with E-state index >= 15 is 0 Å². The van der Waals surface area contributed by atoms with E-state index in [-0.39, 0.29) is 18.1 Å². The van der Waals surface area contributed by atoms with Crippen molar-refractivity contribution in [2.24, 2.45) is 0 Å². The number of carbonyl (C=O) groups excluding carboxylic acids is 1. The maximum atomic E-state index is 13.4. The Morgan fingerprint density at radius 1 is 0.816 bits per heavy atom. The lowest BCUT2D eigenvalue weighted by Gasteiger charge is -2.12. The predicted molar refractivity (Wildman–Crippen MR) is 144 cm³/mol. The summed E-state index contributed by atoms with van der Waals surface area (Å²) in [6, 6.07) is 30.9. The first kappa shape index (κ1) is 23.2. The monoisotopic (exact) mass is 500 g/mol. The van der Waals surface area contributed by atoms with Crippen LogP contribution in [0.25, 0.3) is 39.2 Å². The maximum absolute atomic E-state index is 13.4. The van der Waals surface area contributed by atoms with Gasteiger partial charge in [0.05, 0.1) is 29.5 Å². The van der Waals surface area contributed by atoms with E-state index in [0.29, 0.717) is 17.2 Å². The number of para-hydroxylation sites is 1. The van der Waals surface area contributed by atoms with Gasteiger partial charge in [-0.3, -0.25) is 4.79 Å². The zero-order valence-corrected chi connectivity index (χ0v) is 20.1. The Balaban J connectivity index is 1.23. The molecule has 0 bridgehead atoms. The molecular weight excluding hydrogens is 479 g/mol. The predicted octanol–water partition coefficient (Wildman–Crippen LogP) is 5.86. The molecule has 2 aromatic heterocycles. The molecule has 6 aromatic rings. The third kappa shape index (κ3) is 4.75. The van der Waals surface area contributed by atoms with Crippen LogP contribution >= 0.6 is 0 Å². The molecule has 0 unspecified atom stereocenters. The molecule has 1 amide bonds. The highest BCUT2D eigenvalue weighted by Gasteiger charge is 2.15.